The Kier molecular flexibility index (Phi) is 5.07. The van der Waals surface area contributed by atoms with Crippen LogP contribution in [0.5, 0.6) is 0 Å². The highest BCUT2D eigenvalue weighted by Gasteiger charge is 2.16. The molecular formula is C13H21N3O2. The fourth-order valence-electron chi connectivity index (χ4n) is 2.14. The largest absolute Gasteiger partial charge is 0.367 e. The third kappa shape index (κ3) is 3.42. The third-order valence-electron chi connectivity index (χ3n) is 3.39. The lowest BCUT2D eigenvalue weighted by Crippen LogP contribution is -2.25. The fourth-order valence-corrected chi connectivity index (χ4v) is 2.14. The summed E-state index contributed by atoms with van der Waals surface area (Å²) in [6.45, 7) is 8.30. The molecule has 0 aliphatic rings. The zero-order valence-electron chi connectivity index (χ0n) is 11.4. The van der Waals surface area contributed by atoms with Crippen molar-refractivity contribution in [2.75, 3.05) is 5.32 Å². The zero-order valence-corrected chi connectivity index (χ0v) is 11.4. The second-order valence-corrected chi connectivity index (χ2v) is 4.63. The molecule has 1 aromatic heterocycles. The molecule has 1 heterocycles. The molecule has 1 N–H and O–H groups in total. The molecule has 1 atom stereocenters. The molecule has 5 nitrogen and oxygen atoms in total. The third-order valence-corrected chi connectivity index (χ3v) is 3.39. The van der Waals surface area contributed by atoms with Crippen molar-refractivity contribution in [2.45, 2.75) is 46.6 Å². The number of anilines is 1. The lowest BCUT2D eigenvalue weighted by Gasteiger charge is -2.23. The topological polar surface area (TPSA) is 68.1 Å². The zero-order chi connectivity index (χ0) is 13.7. The molecular weight excluding hydrogens is 230 g/mol. The Morgan fingerprint density at radius 3 is 2.50 bits per heavy atom. The van der Waals surface area contributed by atoms with Gasteiger partial charge in [-0.1, -0.05) is 26.7 Å². The molecule has 0 saturated carbocycles. The maximum atomic E-state index is 10.6. The van der Waals surface area contributed by atoms with Gasteiger partial charge in [-0.15, -0.1) is 0 Å². The van der Waals surface area contributed by atoms with Gasteiger partial charge in [0.25, 0.3) is 5.69 Å². The Hall–Kier alpha value is -1.65. The van der Waals surface area contributed by atoms with E-state index in [2.05, 4.69) is 31.1 Å². The van der Waals surface area contributed by atoms with Crippen molar-refractivity contribution in [3.63, 3.8) is 0 Å². The second kappa shape index (κ2) is 6.33. The molecule has 0 saturated heterocycles. The van der Waals surface area contributed by atoms with E-state index >= 15 is 0 Å². The number of aryl methyl sites for hydroxylation is 1. The van der Waals surface area contributed by atoms with Gasteiger partial charge in [-0.25, -0.2) is 4.98 Å². The van der Waals surface area contributed by atoms with Gasteiger partial charge in [-0.3, -0.25) is 10.1 Å². The first-order valence-corrected chi connectivity index (χ1v) is 6.37. The molecule has 0 radical (unpaired) electrons. The van der Waals surface area contributed by atoms with Gasteiger partial charge in [-0.05, 0) is 25.3 Å². The Bertz CT molecular complexity index is 417. The summed E-state index contributed by atoms with van der Waals surface area (Å²) in [5.74, 6) is 1.32. The van der Waals surface area contributed by atoms with Crippen LogP contribution in [0.2, 0.25) is 0 Å². The monoisotopic (exact) mass is 251 g/mol. The molecule has 0 bridgehead atoms. The Labute approximate surface area is 108 Å². The van der Waals surface area contributed by atoms with Crippen molar-refractivity contribution >= 4 is 11.5 Å². The van der Waals surface area contributed by atoms with Crippen LogP contribution in [0.15, 0.2) is 12.3 Å². The van der Waals surface area contributed by atoms with E-state index in [-0.39, 0.29) is 5.69 Å². The number of rotatable bonds is 6. The van der Waals surface area contributed by atoms with Crippen molar-refractivity contribution < 1.29 is 4.92 Å². The van der Waals surface area contributed by atoms with Crippen LogP contribution in [0.25, 0.3) is 0 Å². The molecule has 0 fully saturated rings. The molecule has 5 heteroatoms. The SMILES string of the molecule is CCC(CC)C(C)Nc1ncc([N+](=O)[O-])cc1C. The van der Waals surface area contributed by atoms with Gasteiger partial charge in [0.2, 0.25) is 0 Å². The van der Waals surface area contributed by atoms with Gasteiger partial charge in [-0.2, -0.15) is 0 Å². The molecule has 0 aromatic carbocycles. The quantitative estimate of drug-likeness (QED) is 0.620. The molecule has 0 aliphatic carbocycles. The van der Waals surface area contributed by atoms with Crippen LogP contribution in [-0.4, -0.2) is 15.9 Å². The summed E-state index contributed by atoms with van der Waals surface area (Å²) in [6.07, 6.45) is 3.52. The van der Waals surface area contributed by atoms with Crippen LogP contribution in [-0.2, 0) is 0 Å². The van der Waals surface area contributed by atoms with Crippen LogP contribution in [0.1, 0.15) is 39.2 Å². The summed E-state index contributed by atoms with van der Waals surface area (Å²) in [6, 6.07) is 1.86. The molecule has 1 aromatic rings. The highest BCUT2D eigenvalue weighted by Crippen LogP contribution is 2.21. The first-order chi connectivity index (χ1) is 8.49. The van der Waals surface area contributed by atoms with E-state index in [4.69, 9.17) is 0 Å². The van der Waals surface area contributed by atoms with Gasteiger partial charge < -0.3 is 5.32 Å². The van der Waals surface area contributed by atoms with Crippen LogP contribution in [0.3, 0.4) is 0 Å². The Balaban J connectivity index is 2.82. The standard InChI is InChI=1S/C13H21N3O2/c1-5-11(6-2)10(4)15-13-9(3)7-12(8-14-13)16(17)18/h7-8,10-11H,5-6H2,1-4H3,(H,14,15). The predicted octanol–water partition coefficient (Wildman–Crippen LogP) is 3.53. The highest BCUT2D eigenvalue weighted by atomic mass is 16.6. The first kappa shape index (κ1) is 14.4. The van der Waals surface area contributed by atoms with Crippen molar-refractivity contribution in [3.05, 3.63) is 27.9 Å². The highest BCUT2D eigenvalue weighted by molar-refractivity contribution is 5.48. The van der Waals surface area contributed by atoms with Crippen molar-refractivity contribution in [2.24, 2.45) is 5.92 Å². The van der Waals surface area contributed by atoms with E-state index in [9.17, 15) is 10.1 Å². The lowest BCUT2D eigenvalue weighted by molar-refractivity contribution is -0.385. The minimum atomic E-state index is -0.423. The summed E-state index contributed by atoms with van der Waals surface area (Å²) >= 11 is 0. The predicted molar refractivity (Wildman–Crippen MR) is 72.8 cm³/mol. The van der Waals surface area contributed by atoms with E-state index in [1.807, 2.05) is 6.92 Å². The average molecular weight is 251 g/mol. The van der Waals surface area contributed by atoms with Gasteiger partial charge in [0.1, 0.15) is 12.0 Å². The first-order valence-electron chi connectivity index (χ1n) is 6.37. The van der Waals surface area contributed by atoms with Gasteiger partial charge in [0.05, 0.1) is 4.92 Å². The number of hydrogen-bond acceptors (Lipinski definition) is 4. The summed E-state index contributed by atoms with van der Waals surface area (Å²) in [5, 5.41) is 14.0. The van der Waals surface area contributed by atoms with E-state index in [1.54, 1.807) is 6.07 Å². The number of aromatic nitrogens is 1. The van der Waals surface area contributed by atoms with Gasteiger partial charge in [0.15, 0.2) is 0 Å². The second-order valence-electron chi connectivity index (χ2n) is 4.63. The molecule has 1 rings (SSSR count). The summed E-state index contributed by atoms with van der Waals surface area (Å²) in [4.78, 5) is 14.3. The maximum Gasteiger partial charge on any atom is 0.287 e. The molecule has 100 valence electrons. The normalized spacial score (nSPS) is 12.5. The van der Waals surface area contributed by atoms with Crippen LogP contribution in [0, 0.1) is 23.0 Å². The average Bonchev–Trinajstić information content (AvgIpc) is 2.33. The Morgan fingerprint density at radius 1 is 1.44 bits per heavy atom. The minimum absolute atomic E-state index is 0.0354. The maximum absolute atomic E-state index is 10.6. The van der Waals surface area contributed by atoms with E-state index in [0.717, 1.165) is 24.2 Å². The number of nitrogens with zero attached hydrogens (tertiary/aromatic N) is 2. The fraction of sp³-hybridized carbons (Fsp3) is 0.615. The Morgan fingerprint density at radius 2 is 2.06 bits per heavy atom. The van der Waals surface area contributed by atoms with E-state index in [0.29, 0.717) is 12.0 Å². The molecule has 0 aliphatic heterocycles. The van der Waals surface area contributed by atoms with Crippen LogP contribution >= 0.6 is 0 Å². The number of pyridine rings is 1. The van der Waals surface area contributed by atoms with E-state index < -0.39 is 4.92 Å². The van der Waals surface area contributed by atoms with Crippen molar-refractivity contribution in [3.8, 4) is 0 Å². The molecule has 0 amide bonds. The summed E-state index contributed by atoms with van der Waals surface area (Å²) in [7, 11) is 0. The number of nitrogens with one attached hydrogen (secondary N) is 1. The number of nitro groups is 1. The molecule has 1 unspecified atom stereocenters. The number of hydrogen-bond donors (Lipinski definition) is 1. The van der Waals surface area contributed by atoms with E-state index in [1.165, 1.54) is 6.20 Å². The van der Waals surface area contributed by atoms with Gasteiger partial charge >= 0.3 is 0 Å². The van der Waals surface area contributed by atoms with Crippen LogP contribution < -0.4 is 5.32 Å². The molecule has 18 heavy (non-hydrogen) atoms. The molecule has 0 spiro atoms. The van der Waals surface area contributed by atoms with Crippen molar-refractivity contribution in [1.82, 2.24) is 4.98 Å². The summed E-state index contributed by atoms with van der Waals surface area (Å²) in [5.41, 5.74) is 0.843. The summed E-state index contributed by atoms with van der Waals surface area (Å²) < 4.78 is 0. The minimum Gasteiger partial charge on any atom is -0.367 e. The smallest absolute Gasteiger partial charge is 0.287 e. The lowest BCUT2D eigenvalue weighted by atomic mass is 9.95. The van der Waals surface area contributed by atoms with Crippen molar-refractivity contribution in [1.29, 1.82) is 0 Å². The van der Waals surface area contributed by atoms with Gasteiger partial charge in [0, 0.05) is 12.1 Å². The van der Waals surface area contributed by atoms with Crippen LogP contribution in [0.4, 0.5) is 11.5 Å².